The molecule has 1 aliphatic rings. The lowest BCUT2D eigenvalue weighted by molar-refractivity contribution is -0.132. The molecule has 0 aliphatic carbocycles. The molecule has 1 aromatic rings. The normalized spacial score (nSPS) is 18.1. The van der Waals surface area contributed by atoms with E-state index in [1.54, 1.807) is 4.90 Å². The molecule has 0 bridgehead atoms. The maximum absolute atomic E-state index is 12.2. The third-order valence-corrected chi connectivity index (χ3v) is 4.44. The summed E-state index contributed by atoms with van der Waals surface area (Å²) >= 11 is 3.39. The number of hydrogen-bond acceptors (Lipinski definition) is 4. The summed E-state index contributed by atoms with van der Waals surface area (Å²) in [5, 5.41) is 3.33. The Balaban J connectivity index is 0.00000264. The zero-order valence-corrected chi connectivity index (χ0v) is 16.0. The minimum Gasteiger partial charge on any atom is -0.492 e. The van der Waals surface area contributed by atoms with Gasteiger partial charge in [0.1, 0.15) is 12.4 Å². The van der Waals surface area contributed by atoms with Crippen LogP contribution in [-0.2, 0) is 4.79 Å². The molecule has 1 atom stereocenters. The van der Waals surface area contributed by atoms with Crippen LogP contribution in [0.5, 0.6) is 5.75 Å². The van der Waals surface area contributed by atoms with E-state index >= 15 is 0 Å². The predicted molar refractivity (Wildman–Crippen MR) is 98.4 cm³/mol. The molecule has 5 nitrogen and oxygen atoms in total. The van der Waals surface area contributed by atoms with Gasteiger partial charge in [0, 0.05) is 37.2 Å². The Labute approximate surface area is 152 Å². The lowest BCUT2D eigenvalue weighted by Crippen LogP contribution is -2.53. The van der Waals surface area contributed by atoms with Crippen molar-refractivity contribution in [1.29, 1.82) is 0 Å². The molecule has 0 saturated carbocycles. The van der Waals surface area contributed by atoms with Gasteiger partial charge in [-0.05, 0) is 31.2 Å². The average molecular weight is 407 g/mol. The lowest BCUT2D eigenvalue weighted by Gasteiger charge is -2.34. The van der Waals surface area contributed by atoms with Gasteiger partial charge in [0.25, 0.3) is 0 Å². The van der Waals surface area contributed by atoms with Gasteiger partial charge in [-0.25, -0.2) is 0 Å². The molecular formula is C16H25BrClN3O2. The molecule has 0 spiro atoms. The van der Waals surface area contributed by atoms with Gasteiger partial charge in [0.2, 0.25) is 5.91 Å². The van der Waals surface area contributed by atoms with E-state index < -0.39 is 0 Å². The summed E-state index contributed by atoms with van der Waals surface area (Å²) in [5.41, 5.74) is 0. The first-order valence-corrected chi connectivity index (χ1v) is 8.42. The first-order valence-electron chi connectivity index (χ1n) is 7.63. The van der Waals surface area contributed by atoms with Gasteiger partial charge >= 0.3 is 0 Å². The van der Waals surface area contributed by atoms with E-state index in [0.29, 0.717) is 25.7 Å². The van der Waals surface area contributed by atoms with E-state index in [2.05, 4.69) is 33.1 Å². The molecule has 0 unspecified atom stereocenters. The number of carbonyl (C=O) groups excluding carboxylic acids is 1. The zero-order valence-electron chi connectivity index (χ0n) is 13.6. The average Bonchev–Trinajstić information content (AvgIpc) is 2.51. The highest BCUT2D eigenvalue weighted by Gasteiger charge is 2.21. The third-order valence-electron chi connectivity index (χ3n) is 3.91. The van der Waals surface area contributed by atoms with Crippen LogP contribution >= 0.6 is 28.3 Å². The Morgan fingerprint density at radius 1 is 1.43 bits per heavy atom. The van der Waals surface area contributed by atoms with E-state index in [1.807, 2.05) is 31.3 Å². The second-order valence-electron chi connectivity index (χ2n) is 5.64. The molecule has 0 aromatic heterocycles. The molecule has 1 heterocycles. The fourth-order valence-electron chi connectivity index (χ4n) is 2.37. The van der Waals surface area contributed by atoms with Gasteiger partial charge in [-0.3, -0.25) is 9.69 Å². The van der Waals surface area contributed by atoms with Gasteiger partial charge in [0.05, 0.1) is 13.1 Å². The van der Waals surface area contributed by atoms with Crippen LogP contribution in [0.15, 0.2) is 28.7 Å². The number of benzene rings is 1. The van der Waals surface area contributed by atoms with Crippen LogP contribution < -0.4 is 10.1 Å². The van der Waals surface area contributed by atoms with Crippen molar-refractivity contribution in [3.63, 3.8) is 0 Å². The number of carbonyl (C=O) groups is 1. The van der Waals surface area contributed by atoms with Crippen molar-refractivity contribution in [2.75, 3.05) is 46.4 Å². The standard InChI is InChI=1S/C16H24BrN3O2.ClH/c1-13-11-18-7-8-20(13)12-16(21)19(2)9-10-22-15-5-3-14(17)4-6-15;/h3-6,13,18H,7-12H2,1-2H3;1H/t13-;/m1./s1. The number of nitrogens with zero attached hydrogens (tertiary/aromatic N) is 2. The SMILES string of the molecule is C[C@@H]1CNCCN1CC(=O)N(C)CCOc1ccc(Br)cc1.Cl. The van der Waals surface area contributed by atoms with Crippen LogP contribution in [0.1, 0.15) is 6.92 Å². The Morgan fingerprint density at radius 3 is 2.78 bits per heavy atom. The first kappa shape index (κ1) is 20.2. The molecule has 1 saturated heterocycles. The summed E-state index contributed by atoms with van der Waals surface area (Å²) < 4.78 is 6.68. The smallest absolute Gasteiger partial charge is 0.236 e. The minimum absolute atomic E-state index is 0. The quantitative estimate of drug-likeness (QED) is 0.785. The molecule has 23 heavy (non-hydrogen) atoms. The fourth-order valence-corrected chi connectivity index (χ4v) is 2.63. The molecule has 2 rings (SSSR count). The van der Waals surface area contributed by atoms with Crippen LogP contribution in [0.25, 0.3) is 0 Å². The highest BCUT2D eigenvalue weighted by molar-refractivity contribution is 9.10. The van der Waals surface area contributed by atoms with E-state index in [0.717, 1.165) is 29.9 Å². The Morgan fingerprint density at radius 2 is 2.13 bits per heavy atom. The summed E-state index contributed by atoms with van der Waals surface area (Å²) in [6.07, 6.45) is 0. The predicted octanol–water partition coefficient (Wildman–Crippen LogP) is 2.00. The van der Waals surface area contributed by atoms with Crippen molar-refractivity contribution in [3.05, 3.63) is 28.7 Å². The van der Waals surface area contributed by atoms with Gasteiger partial charge in [-0.15, -0.1) is 12.4 Å². The highest BCUT2D eigenvalue weighted by Crippen LogP contribution is 2.15. The molecule has 1 amide bonds. The van der Waals surface area contributed by atoms with Crippen LogP contribution in [-0.4, -0.2) is 68.1 Å². The summed E-state index contributed by atoms with van der Waals surface area (Å²) in [6, 6.07) is 8.11. The third kappa shape index (κ3) is 6.67. The molecule has 1 aliphatic heterocycles. The van der Waals surface area contributed by atoms with E-state index in [-0.39, 0.29) is 18.3 Å². The summed E-state index contributed by atoms with van der Waals surface area (Å²) in [5.74, 6) is 0.966. The van der Waals surface area contributed by atoms with Crippen molar-refractivity contribution >= 4 is 34.2 Å². The first-order chi connectivity index (χ1) is 10.6. The second-order valence-corrected chi connectivity index (χ2v) is 6.56. The Kier molecular flexibility index (Phi) is 8.91. The summed E-state index contributed by atoms with van der Waals surface area (Å²) in [6.45, 7) is 6.55. The van der Waals surface area contributed by atoms with Crippen LogP contribution in [0.2, 0.25) is 0 Å². The fraction of sp³-hybridized carbons (Fsp3) is 0.562. The van der Waals surface area contributed by atoms with Crippen molar-refractivity contribution in [2.24, 2.45) is 0 Å². The van der Waals surface area contributed by atoms with Gasteiger partial charge in [-0.1, -0.05) is 15.9 Å². The monoisotopic (exact) mass is 405 g/mol. The van der Waals surface area contributed by atoms with Crippen molar-refractivity contribution in [3.8, 4) is 5.75 Å². The molecule has 7 heteroatoms. The van der Waals surface area contributed by atoms with Gasteiger partial charge < -0.3 is 15.0 Å². The van der Waals surface area contributed by atoms with E-state index in [1.165, 1.54) is 0 Å². The summed E-state index contributed by atoms with van der Waals surface area (Å²) in [4.78, 5) is 16.2. The molecular weight excluding hydrogens is 382 g/mol. The van der Waals surface area contributed by atoms with Gasteiger partial charge in [-0.2, -0.15) is 0 Å². The van der Waals surface area contributed by atoms with Crippen LogP contribution in [0, 0.1) is 0 Å². The largest absolute Gasteiger partial charge is 0.492 e. The van der Waals surface area contributed by atoms with Crippen molar-refractivity contribution in [2.45, 2.75) is 13.0 Å². The molecule has 130 valence electrons. The number of rotatable bonds is 6. The second kappa shape index (κ2) is 10.1. The van der Waals surface area contributed by atoms with Crippen molar-refractivity contribution < 1.29 is 9.53 Å². The molecule has 1 fully saturated rings. The van der Waals surface area contributed by atoms with E-state index in [4.69, 9.17) is 4.74 Å². The maximum Gasteiger partial charge on any atom is 0.236 e. The van der Waals surface area contributed by atoms with E-state index in [9.17, 15) is 4.79 Å². The zero-order chi connectivity index (χ0) is 15.9. The number of piperazine rings is 1. The minimum atomic E-state index is 0. The van der Waals surface area contributed by atoms with Gasteiger partial charge in [0.15, 0.2) is 0 Å². The molecule has 1 aromatic carbocycles. The van der Waals surface area contributed by atoms with Crippen LogP contribution in [0.4, 0.5) is 0 Å². The summed E-state index contributed by atoms with van der Waals surface area (Å²) in [7, 11) is 1.83. The Hall–Kier alpha value is -0.820. The maximum atomic E-state index is 12.2. The molecule has 1 N–H and O–H groups in total. The topological polar surface area (TPSA) is 44.8 Å². The number of nitrogens with one attached hydrogen (secondary N) is 1. The highest BCUT2D eigenvalue weighted by atomic mass is 79.9. The van der Waals surface area contributed by atoms with Crippen LogP contribution in [0.3, 0.4) is 0 Å². The number of amides is 1. The number of likely N-dealkylation sites (N-methyl/N-ethyl adjacent to an activating group) is 1. The number of ether oxygens (including phenoxy) is 1. The van der Waals surface area contributed by atoms with Crippen molar-refractivity contribution in [1.82, 2.24) is 15.1 Å². The Bertz CT molecular complexity index is 487. The number of halogens is 2. The lowest BCUT2D eigenvalue weighted by atomic mass is 10.2. The number of hydrogen-bond donors (Lipinski definition) is 1. The molecule has 0 radical (unpaired) electrons.